The van der Waals surface area contributed by atoms with Gasteiger partial charge in [-0.05, 0) is 12.3 Å². The van der Waals surface area contributed by atoms with Crippen LogP contribution in [-0.4, -0.2) is 41.6 Å². The lowest BCUT2D eigenvalue weighted by atomic mass is 9.63. The molecule has 0 aromatic heterocycles. The Labute approximate surface area is 85.8 Å². The second kappa shape index (κ2) is 2.94. The molecule has 0 aromatic carbocycles. The first-order valence-electron chi connectivity index (χ1n) is 4.53. The molecular weight excluding hydrogens is 224 g/mol. The van der Waals surface area contributed by atoms with Crippen LogP contribution >= 0.6 is 0 Å². The highest BCUT2D eigenvalue weighted by molar-refractivity contribution is 7.92. The van der Waals surface area contributed by atoms with Gasteiger partial charge >= 0.3 is 11.9 Å². The van der Waals surface area contributed by atoms with Gasteiger partial charge in [0.25, 0.3) is 0 Å². The van der Waals surface area contributed by atoms with Crippen LogP contribution in [0.1, 0.15) is 6.42 Å². The monoisotopic (exact) mass is 234 g/mol. The molecule has 2 N–H and O–H groups in total. The molecule has 0 amide bonds. The van der Waals surface area contributed by atoms with Crippen molar-refractivity contribution in [2.24, 2.45) is 17.8 Å². The van der Waals surface area contributed by atoms with Gasteiger partial charge < -0.3 is 10.2 Å². The molecule has 84 valence electrons. The van der Waals surface area contributed by atoms with E-state index >= 15 is 0 Å². The number of aliphatic carboxylic acids is 2. The van der Waals surface area contributed by atoms with E-state index in [9.17, 15) is 18.0 Å². The fourth-order valence-electron chi connectivity index (χ4n) is 2.70. The summed E-state index contributed by atoms with van der Waals surface area (Å²) in [6.45, 7) is 0. The number of carboxylic acid groups (broad SMARTS) is 2. The lowest BCUT2D eigenvalue weighted by Crippen LogP contribution is -2.57. The van der Waals surface area contributed by atoms with Gasteiger partial charge in [0.1, 0.15) is 0 Å². The minimum Gasteiger partial charge on any atom is -0.481 e. The van der Waals surface area contributed by atoms with Crippen LogP contribution in [0, 0.1) is 17.8 Å². The molecule has 15 heavy (non-hydrogen) atoms. The molecule has 0 bridgehead atoms. The van der Waals surface area contributed by atoms with Crippen LogP contribution in [0.3, 0.4) is 0 Å². The number of carbonyl (C=O) groups is 2. The van der Waals surface area contributed by atoms with Gasteiger partial charge in [-0.25, -0.2) is 8.42 Å². The van der Waals surface area contributed by atoms with Crippen molar-refractivity contribution in [3.8, 4) is 0 Å². The zero-order valence-corrected chi connectivity index (χ0v) is 8.48. The first-order valence-corrected chi connectivity index (χ1v) is 6.25. The second-order valence-corrected chi connectivity index (χ2v) is 6.29. The summed E-state index contributed by atoms with van der Waals surface area (Å²) in [6, 6.07) is 0. The maximum absolute atomic E-state index is 11.4. The molecule has 2 rings (SSSR count). The molecule has 2 aliphatic rings. The van der Waals surface area contributed by atoms with Gasteiger partial charge in [-0.2, -0.15) is 0 Å². The maximum Gasteiger partial charge on any atom is 0.308 e. The van der Waals surface area contributed by atoms with Crippen LogP contribution in [0.5, 0.6) is 0 Å². The Morgan fingerprint density at radius 3 is 2.07 bits per heavy atom. The summed E-state index contributed by atoms with van der Waals surface area (Å²) in [5.41, 5.74) is 0. The molecule has 7 heteroatoms. The molecule has 6 nitrogen and oxygen atoms in total. The van der Waals surface area contributed by atoms with Gasteiger partial charge in [-0.3, -0.25) is 9.59 Å². The first-order chi connectivity index (χ1) is 6.86. The van der Waals surface area contributed by atoms with Crippen LogP contribution in [-0.2, 0) is 19.4 Å². The molecule has 0 radical (unpaired) electrons. The molecule has 1 saturated heterocycles. The first kappa shape index (κ1) is 10.4. The Hall–Kier alpha value is -1.11. The summed E-state index contributed by atoms with van der Waals surface area (Å²) in [7, 11) is -3.39. The molecule has 0 unspecified atom stereocenters. The minimum absolute atomic E-state index is 0.0874. The molecule has 1 aliphatic carbocycles. The summed E-state index contributed by atoms with van der Waals surface area (Å²) < 4.78 is 22.9. The molecule has 0 spiro atoms. The summed E-state index contributed by atoms with van der Waals surface area (Å²) in [4.78, 5) is 21.6. The van der Waals surface area contributed by atoms with Crippen molar-refractivity contribution in [1.29, 1.82) is 0 Å². The summed E-state index contributed by atoms with van der Waals surface area (Å²) >= 11 is 0. The van der Waals surface area contributed by atoms with Crippen LogP contribution in [0.4, 0.5) is 0 Å². The molecule has 4 atom stereocenters. The van der Waals surface area contributed by atoms with E-state index in [2.05, 4.69) is 0 Å². The summed E-state index contributed by atoms with van der Waals surface area (Å²) in [5.74, 6) is -5.43. The fraction of sp³-hybridized carbons (Fsp3) is 0.750. The van der Waals surface area contributed by atoms with E-state index in [0.29, 0.717) is 0 Å². The number of rotatable bonds is 2. The van der Waals surface area contributed by atoms with Crippen molar-refractivity contribution < 1.29 is 28.2 Å². The third-order valence-corrected chi connectivity index (χ3v) is 5.62. The van der Waals surface area contributed by atoms with Crippen molar-refractivity contribution in [2.45, 2.75) is 11.7 Å². The van der Waals surface area contributed by atoms with Gasteiger partial charge in [-0.15, -0.1) is 0 Å². The minimum atomic E-state index is -3.39. The Morgan fingerprint density at radius 2 is 1.60 bits per heavy atom. The Morgan fingerprint density at radius 1 is 1.07 bits per heavy atom. The highest BCUT2D eigenvalue weighted by Gasteiger charge is 2.65. The third-order valence-electron chi connectivity index (χ3n) is 3.34. The molecule has 2 fully saturated rings. The lowest BCUT2D eigenvalue weighted by Gasteiger charge is -2.42. The average molecular weight is 234 g/mol. The topological polar surface area (TPSA) is 109 Å². The number of hydrogen-bond acceptors (Lipinski definition) is 4. The molecule has 0 aromatic rings. The highest BCUT2D eigenvalue weighted by atomic mass is 32.2. The number of fused-ring (bicyclic) bond motifs is 1. The van der Waals surface area contributed by atoms with Crippen LogP contribution in [0.2, 0.25) is 0 Å². The van der Waals surface area contributed by atoms with E-state index in [1.54, 1.807) is 0 Å². The molecular formula is C8H10O6S. The lowest BCUT2D eigenvalue weighted by molar-refractivity contribution is -0.164. The van der Waals surface area contributed by atoms with E-state index in [1.165, 1.54) is 0 Å². The van der Waals surface area contributed by atoms with Crippen molar-refractivity contribution in [3.05, 3.63) is 0 Å². The quantitative estimate of drug-likeness (QED) is 0.647. The third kappa shape index (κ3) is 1.26. The van der Waals surface area contributed by atoms with Crippen molar-refractivity contribution in [2.75, 3.05) is 5.75 Å². The largest absolute Gasteiger partial charge is 0.481 e. The number of sulfone groups is 1. The predicted octanol–water partition coefficient (Wildman–Crippen LogP) is -0.795. The Balaban J connectivity index is 2.35. The zero-order chi connectivity index (χ0) is 11.4. The van der Waals surface area contributed by atoms with Crippen LogP contribution in [0.25, 0.3) is 0 Å². The van der Waals surface area contributed by atoms with Gasteiger partial charge in [0.05, 0.1) is 22.8 Å². The van der Waals surface area contributed by atoms with Gasteiger partial charge in [0, 0.05) is 0 Å². The second-order valence-electron chi connectivity index (χ2n) is 4.01. The summed E-state index contributed by atoms with van der Waals surface area (Å²) in [5, 5.41) is 16.6. The average Bonchev–Trinajstić information content (AvgIpc) is 2.20. The normalized spacial score (nSPS) is 41.6. The molecule has 1 aliphatic heterocycles. The molecule has 1 heterocycles. The Bertz CT molecular complexity index is 424. The van der Waals surface area contributed by atoms with Gasteiger partial charge in [-0.1, -0.05) is 0 Å². The van der Waals surface area contributed by atoms with Gasteiger partial charge in [0.15, 0.2) is 9.84 Å². The summed E-state index contributed by atoms with van der Waals surface area (Å²) in [6.07, 6.45) is 0.272. The number of carboxylic acids is 2. The van der Waals surface area contributed by atoms with Crippen molar-refractivity contribution >= 4 is 21.8 Å². The fourth-order valence-corrected chi connectivity index (χ4v) is 5.14. The van der Waals surface area contributed by atoms with Crippen LogP contribution < -0.4 is 0 Å². The Kier molecular flexibility index (Phi) is 2.04. The van der Waals surface area contributed by atoms with E-state index in [0.717, 1.165) is 0 Å². The van der Waals surface area contributed by atoms with E-state index < -0.39 is 44.8 Å². The SMILES string of the molecule is O=C(O)[C@@H]1[C@H]2CCS(=O)(=O)[C@H]2[C@@H]1C(=O)O. The standard InChI is InChI=1S/C8H10O6S/c9-7(10)4-3-1-2-15(13,14)6(3)5(4)8(11)12/h3-6H,1-2H2,(H,9,10)(H,11,12)/t3-,4-,5-,6-/m1/s1. The predicted molar refractivity (Wildman–Crippen MR) is 47.9 cm³/mol. The molecule has 1 saturated carbocycles. The smallest absolute Gasteiger partial charge is 0.308 e. The van der Waals surface area contributed by atoms with E-state index in [1.807, 2.05) is 0 Å². The maximum atomic E-state index is 11.4. The number of hydrogen-bond donors (Lipinski definition) is 2. The van der Waals surface area contributed by atoms with Crippen LogP contribution in [0.15, 0.2) is 0 Å². The van der Waals surface area contributed by atoms with Crippen molar-refractivity contribution in [3.63, 3.8) is 0 Å². The zero-order valence-electron chi connectivity index (χ0n) is 7.66. The van der Waals surface area contributed by atoms with Gasteiger partial charge in [0.2, 0.25) is 0 Å². The highest BCUT2D eigenvalue weighted by Crippen LogP contribution is 2.51. The van der Waals surface area contributed by atoms with E-state index in [4.69, 9.17) is 10.2 Å². The van der Waals surface area contributed by atoms with E-state index in [-0.39, 0.29) is 12.2 Å². The van der Waals surface area contributed by atoms with Crippen molar-refractivity contribution in [1.82, 2.24) is 0 Å².